The molecule has 2 N–H and O–H groups in total. The molecule has 3 aromatic carbocycles. The smallest absolute Gasteiger partial charge is 0.337 e. The molecule has 35 heavy (non-hydrogen) atoms. The topological polar surface area (TPSA) is 87.5 Å². The quantitative estimate of drug-likeness (QED) is 0.435. The van der Waals surface area contributed by atoms with Crippen molar-refractivity contribution in [3.63, 3.8) is 0 Å². The maximum absolute atomic E-state index is 13.7. The minimum absolute atomic E-state index is 0.169. The van der Waals surface area contributed by atoms with Crippen molar-refractivity contribution in [3.8, 4) is 0 Å². The number of nitrogens with one attached hydrogen (secondary N) is 1. The molecule has 1 aliphatic rings. The number of carboxylic acid groups (broad SMARTS) is 1. The van der Waals surface area contributed by atoms with Crippen molar-refractivity contribution in [2.24, 2.45) is 7.05 Å². The number of nitrogens with zero attached hydrogens (tertiary/aromatic N) is 3. The number of halogens is 1. The van der Waals surface area contributed by atoms with Gasteiger partial charge in [-0.3, -0.25) is 9.36 Å². The van der Waals surface area contributed by atoms with Crippen LogP contribution in [0.4, 0.5) is 16.0 Å². The molecule has 8 heteroatoms. The van der Waals surface area contributed by atoms with Crippen LogP contribution in [0.25, 0.3) is 10.9 Å². The Morgan fingerprint density at radius 2 is 1.86 bits per heavy atom. The summed E-state index contributed by atoms with van der Waals surface area (Å²) in [6.45, 7) is 4.82. The zero-order chi connectivity index (χ0) is 24.9. The molecule has 0 radical (unpaired) electrons. The summed E-state index contributed by atoms with van der Waals surface area (Å²) in [4.78, 5) is 32.0. The molecule has 1 aromatic heterocycles. The zero-order valence-electron chi connectivity index (χ0n) is 19.7. The predicted molar refractivity (Wildman–Crippen MR) is 133 cm³/mol. The van der Waals surface area contributed by atoms with Crippen LogP contribution in [0.3, 0.4) is 0 Å². The van der Waals surface area contributed by atoms with Crippen molar-refractivity contribution in [3.05, 3.63) is 98.6 Å². The van der Waals surface area contributed by atoms with Crippen molar-refractivity contribution < 1.29 is 14.3 Å². The molecule has 4 aromatic rings. The molecule has 0 saturated carbocycles. The average molecular weight is 473 g/mol. The summed E-state index contributed by atoms with van der Waals surface area (Å²) in [5.41, 5.74) is 4.63. The van der Waals surface area contributed by atoms with Gasteiger partial charge in [0.25, 0.3) is 5.56 Å². The van der Waals surface area contributed by atoms with Crippen molar-refractivity contribution >= 4 is 28.5 Å². The van der Waals surface area contributed by atoms with Crippen LogP contribution >= 0.6 is 0 Å². The van der Waals surface area contributed by atoms with E-state index in [1.165, 1.54) is 16.7 Å². The fourth-order valence-electron chi connectivity index (χ4n) is 4.77. The van der Waals surface area contributed by atoms with E-state index >= 15 is 0 Å². The number of fused-ring (bicyclic) bond motifs is 2. The molecule has 7 nitrogen and oxygen atoms in total. The fraction of sp³-hybridized carbons (Fsp3) is 0.222. The number of carbonyl (C=O) groups is 1. The number of hydrogen-bond acceptors (Lipinski definition) is 5. The van der Waals surface area contributed by atoms with Crippen LogP contribution in [0.15, 0.2) is 59.4 Å². The van der Waals surface area contributed by atoms with Crippen molar-refractivity contribution in [1.29, 1.82) is 0 Å². The van der Waals surface area contributed by atoms with Gasteiger partial charge in [0.15, 0.2) is 0 Å². The first-order valence-electron chi connectivity index (χ1n) is 11.4. The van der Waals surface area contributed by atoms with E-state index in [0.717, 1.165) is 22.3 Å². The molecule has 178 valence electrons. The molecule has 0 unspecified atom stereocenters. The first kappa shape index (κ1) is 22.6. The molecule has 0 fully saturated rings. The summed E-state index contributed by atoms with van der Waals surface area (Å²) >= 11 is 0. The highest BCUT2D eigenvalue weighted by molar-refractivity contribution is 5.94. The molecule has 1 atom stereocenters. The summed E-state index contributed by atoms with van der Waals surface area (Å²) < 4.78 is 15.3. The van der Waals surface area contributed by atoms with E-state index in [4.69, 9.17) is 4.98 Å². The maximum atomic E-state index is 13.7. The molecule has 0 spiro atoms. The first-order valence-corrected chi connectivity index (χ1v) is 11.4. The Morgan fingerprint density at radius 1 is 1.11 bits per heavy atom. The second-order valence-electron chi connectivity index (χ2n) is 9.01. The number of aromatic nitrogens is 2. The highest BCUT2D eigenvalue weighted by atomic mass is 19.1. The highest BCUT2D eigenvalue weighted by Crippen LogP contribution is 2.31. The van der Waals surface area contributed by atoms with Crippen molar-refractivity contribution in [1.82, 2.24) is 9.55 Å². The summed E-state index contributed by atoms with van der Waals surface area (Å²) in [6, 6.07) is 14.9. The summed E-state index contributed by atoms with van der Waals surface area (Å²) in [6.07, 6.45) is 0. The Balaban J connectivity index is 1.60. The SMILES string of the molecule is Cc1cc([C@H](C)Nc2ccccc2C(=O)O)c2nc(N3Cc4ccc(F)cc4C3)n(C)c(=O)c2c1. The van der Waals surface area contributed by atoms with Crippen LogP contribution in [0.2, 0.25) is 0 Å². The lowest BCUT2D eigenvalue weighted by Gasteiger charge is -2.23. The van der Waals surface area contributed by atoms with E-state index in [0.29, 0.717) is 35.6 Å². The van der Waals surface area contributed by atoms with Gasteiger partial charge in [0.2, 0.25) is 5.95 Å². The number of hydrogen-bond donors (Lipinski definition) is 2. The number of carboxylic acids is 1. The van der Waals surface area contributed by atoms with Gasteiger partial charge < -0.3 is 15.3 Å². The summed E-state index contributed by atoms with van der Waals surface area (Å²) in [5, 5.41) is 13.3. The standard InChI is InChI=1S/C27H25FN4O3/c1-15-10-21(16(2)29-23-7-5-4-6-20(23)26(34)35)24-22(11-15)25(33)31(3)27(30-24)32-13-17-8-9-19(28)12-18(17)14-32/h4-12,16,29H,13-14H2,1-3H3,(H,34,35)/t16-/m0/s1. The van der Waals surface area contributed by atoms with Gasteiger partial charge in [-0.25, -0.2) is 14.2 Å². The Labute approximate surface area is 201 Å². The number of rotatable bonds is 5. The lowest BCUT2D eigenvalue weighted by Crippen LogP contribution is -2.28. The molecule has 0 aliphatic carbocycles. The minimum atomic E-state index is -1.02. The van der Waals surface area contributed by atoms with Crippen LogP contribution in [-0.4, -0.2) is 20.6 Å². The van der Waals surface area contributed by atoms with Gasteiger partial charge in [-0.15, -0.1) is 0 Å². The molecule has 2 heterocycles. The molecule has 0 bridgehead atoms. The zero-order valence-corrected chi connectivity index (χ0v) is 19.7. The second kappa shape index (κ2) is 8.54. The monoisotopic (exact) mass is 472 g/mol. The molecular weight excluding hydrogens is 447 g/mol. The van der Waals surface area contributed by atoms with E-state index in [2.05, 4.69) is 5.32 Å². The Kier molecular flexibility index (Phi) is 5.51. The Hall–Kier alpha value is -4.20. The fourth-order valence-corrected chi connectivity index (χ4v) is 4.77. The van der Waals surface area contributed by atoms with E-state index in [1.54, 1.807) is 37.4 Å². The largest absolute Gasteiger partial charge is 0.478 e. The van der Waals surface area contributed by atoms with E-state index in [-0.39, 0.29) is 23.0 Å². The second-order valence-corrected chi connectivity index (χ2v) is 9.01. The van der Waals surface area contributed by atoms with Crippen LogP contribution in [0.1, 0.15) is 45.6 Å². The van der Waals surface area contributed by atoms with Gasteiger partial charge in [-0.2, -0.15) is 0 Å². The van der Waals surface area contributed by atoms with Crippen LogP contribution in [0.5, 0.6) is 0 Å². The van der Waals surface area contributed by atoms with Gasteiger partial charge in [-0.05, 0) is 60.9 Å². The lowest BCUT2D eigenvalue weighted by atomic mass is 10.0. The third kappa shape index (κ3) is 4.01. The maximum Gasteiger partial charge on any atom is 0.337 e. The molecule has 0 amide bonds. The van der Waals surface area contributed by atoms with Crippen LogP contribution < -0.4 is 15.8 Å². The predicted octanol–water partition coefficient (Wildman–Crippen LogP) is 4.77. The van der Waals surface area contributed by atoms with E-state index < -0.39 is 5.97 Å². The minimum Gasteiger partial charge on any atom is -0.478 e. The average Bonchev–Trinajstić information content (AvgIpc) is 3.24. The van der Waals surface area contributed by atoms with Gasteiger partial charge in [0.05, 0.1) is 22.5 Å². The Morgan fingerprint density at radius 3 is 2.63 bits per heavy atom. The number of anilines is 2. The molecule has 0 saturated heterocycles. The van der Waals surface area contributed by atoms with Gasteiger partial charge in [0.1, 0.15) is 5.82 Å². The summed E-state index contributed by atoms with van der Waals surface area (Å²) in [7, 11) is 1.69. The third-order valence-corrected chi connectivity index (χ3v) is 6.50. The normalized spacial score (nSPS) is 13.7. The summed E-state index contributed by atoms with van der Waals surface area (Å²) in [5.74, 6) is -0.804. The number of aromatic carboxylic acids is 1. The molecule has 5 rings (SSSR count). The lowest BCUT2D eigenvalue weighted by molar-refractivity contribution is 0.0698. The van der Waals surface area contributed by atoms with E-state index in [1.807, 2.05) is 30.9 Å². The number of aryl methyl sites for hydroxylation is 1. The number of para-hydroxylation sites is 1. The first-order chi connectivity index (χ1) is 16.7. The van der Waals surface area contributed by atoms with Gasteiger partial charge in [-0.1, -0.05) is 24.3 Å². The third-order valence-electron chi connectivity index (χ3n) is 6.50. The van der Waals surface area contributed by atoms with E-state index in [9.17, 15) is 19.1 Å². The van der Waals surface area contributed by atoms with Crippen LogP contribution in [0, 0.1) is 12.7 Å². The molecular formula is C27H25FN4O3. The Bertz CT molecular complexity index is 1550. The van der Waals surface area contributed by atoms with Crippen molar-refractivity contribution in [2.45, 2.75) is 33.0 Å². The van der Waals surface area contributed by atoms with Gasteiger partial charge in [0, 0.05) is 31.4 Å². The molecule has 1 aliphatic heterocycles. The highest BCUT2D eigenvalue weighted by Gasteiger charge is 2.25. The van der Waals surface area contributed by atoms with Crippen LogP contribution in [-0.2, 0) is 20.1 Å². The van der Waals surface area contributed by atoms with Gasteiger partial charge >= 0.3 is 5.97 Å². The van der Waals surface area contributed by atoms with Crippen molar-refractivity contribution in [2.75, 3.05) is 10.2 Å². The number of benzene rings is 3.